The maximum absolute atomic E-state index is 12.6. The van der Waals surface area contributed by atoms with E-state index in [0.29, 0.717) is 29.4 Å². The molecule has 1 amide bonds. The Balaban J connectivity index is 1.78. The molecule has 1 atom stereocenters. The van der Waals surface area contributed by atoms with Crippen LogP contribution in [0, 0.1) is 0 Å². The molecule has 2 aromatic carbocycles. The topological polar surface area (TPSA) is 86.0 Å². The van der Waals surface area contributed by atoms with Gasteiger partial charge in [-0.05, 0) is 37.3 Å². The zero-order chi connectivity index (χ0) is 18.7. The number of amides is 1. The van der Waals surface area contributed by atoms with E-state index in [0.717, 1.165) is 11.4 Å². The summed E-state index contributed by atoms with van der Waals surface area (Å²) in [7, 11) is 3.13. The lowest BCUT2D eigenvalue weighted by molar-refractivity contribution is -0.115. The van der Waals surface area contributed by atoms with E-state index in [1.165, 1.54) is 0 Å². The molecule has 1 heterocycles. The molecule has 0 radical (unpaired) electrons. The second-order valence-electron chi connectivity index (χ2n) is 6.15. The summed E-state index contributed by atoms with van der Waals surface area (Å²) >= 11 is 0. The van der Waals surface area contributed by atoms with Gasteiger partial charge in [-0.15, -0.1) is 0 Å². The van der Waals surface area contributed by atoms with E-state index in [1.54, 1.807) is 38.5 Å². The number of ether oxygens (including phenoxy) is 3. The molecule has 2 aromatic rings. The van der Waals surface area contributed by atoms with Crippen LogP contribution >= 0.6 is 0 Å². The molecule has 0 spiro atoms. The Kier molecular flexibility index (Phi) is 5.06. The number of nitrogens with two attached hydrogens (primary N) is 1. The molecule has 1 aliphatic rings. The van der Waals surface area contributed by atoms with Crippen molar-refractivity contribution in [3.63, 3.8) is 0 Å². The number of hydrogen-bond donors (Lipinski definition) is 2. The van der Waals surface area contributed by atoms with Crippen LogP contribution in [0.4, 0.5) is 17.1 Å². The first kappa shape index (κ1) is 17.7. The molecule has 138 valence electrons. The number of nitrogens with one attached hydrogen (secondary N) is 1. The number of rotatable bonds is 5. The number of carbonyl (C=O) groups excluding carboxylic acids is 1. The molecular formula is C19H23N3O4. The Labute approximate surface area is 152 Å². The molecule has 26 heavy (non-hydrogen) atoms. The summed E-state index contributed by atoms with van der Waals surface area (Å²) in [6.07, 6.45) is -0.0229. The van der Waals surface area contributed by atoms with Gasteiger partial charge in [0.05, 0.1) is 38.7 Å². The van der Waals surface area contributed by atoms with Crippen molar-refractivity contribution in [2.24, 2.45) is 0 Å². The quantitative estimate of drug-likeness (QED) is 0.800. The van der Waals surface area contributed by atoms with E-state index in [2.05, 4.69) is 5.32 Å². The molecule has 3 N–H and O–H groups in total. The summed E-state index contributed by atoms with van der Waals surface area (Å²) < 4.78 is 16.3. The van der Waals surface area contributed by atoms with Crippen LogP contribution < -0.4 is 30.2 Å². The summed E-state index contributed by atoms with van der Waals surface area (Å²) in [4.78, 5) is 14.6. The van der Waals surface area contributed by atoms with Crippen molar-refractivity contribution in [3.05, 3.63) is 36.4 Å². The molecule has 1 unspecified atom stereocenters. The maximum Gasteiger partial charge on any atom is 0.244 e. The molecule has 0 saturated carbocycles. The van der Waals surface area contributed by atoms with Crippen molar-refractivity contribution in [3.8, 4) is 17.2 Å². The van der Waals surface area contributed by atoms with Crippen LogP contribution in [0.1, 0.15) is 6.92 Å². The lowest BCUT2D eigenvalue weighted by atomic mass is 10.1. The Morgan fingerprint density at radius 2 is 2.08 bits per heavy atom. The number of anilines is 3. The number of fused-ring (bicyclic) bond motifs is 1. The Bertz CT molecular complexity index is 809. The van der Waals surface area contributed by atoms with E-state index in [1.807, 2.05) is 24.0 Å². The molecular weight excluding hydrogens is 334 g/mol. The highest BCUT2D eigenvalue weighted by atomic mass is 16.5. The third kappa shape index (κ3) is 3.77. The lowest BCUT2D eigenvalue weighted by Gasteiger charge is -2.34. The van der Waals surface area contributed by atoms with Gasteiger partial charge in [0, 0.05) is 11.8 Å². The van der Waals surface area contributed by atoms with Crippen LogP contribution in [-0.2, 0) is 4.79 Å². The van der Waals surface area contributed by atoms with Gasteiger partial charge in [0.15, 0.2) is 0 Å². The highest BCUT2D eigenvalue weighted by Crippen LogP contribution is 2.35. The number of benzene rings is 2. The van der Waals surface area contributed by atoms with Crippen LogP contribution in [0.5, 0.6) is 17.2 Å². The molecule has 0 saturated heterocycles. The fraction of sp³-hybridized carbons (Fsp3) is 0.316. The van der Waals surface area contributed by atoms with Crippen molar-refractivity contribution in [1.82, 2.24) is 0 Å². The van der Waals surface area contributed by atoms with Crippen molar-refractivity contribution in [1.29, 1.82) is 0 Å². The average molecular weight is 357 g/mol. The van der Waals surface area contributed by atoms with Crippen LogP contribution in [0.2, 0.25) is 0 Å². The summed E-state index contributed by atoms with van der Waals surface area (Å²) in [5.41, 5.74) is 7.89. The molecule has 0 bridgehead atoms. The van der Waals surface area contributed by atoms with Crippen molar-refractivity contribution < 1.29 is 19.0 Å². The number of carbonyl (C=O) groups is 1. The summed E-state index contributed by atoms with van der Waals surface area (Å²) in [5.74, 6) is 1.77. The third-order valence-corrected chi connectivity index (χ3v) is 4.14. The second kappa shape index (κ2) is 7.43. The summed E-state index contributed by atoms with van der Waals surface area (Å²) in [6, 6.07) is 10.7. The molecule has 7 heteroatoms. The van der Waals surface area contributed by atoms with E-state index in [-0.39, 0.29) is 18.6 Å². The Morgan fingerprint density at radius 3 is 2.81 bits per heavy atom. The summed E-state index contributed by atoms with van der Waals surface area (Å²) in [5, 5.41) is 2.89. The first-order chi connectivity index (χ1) is 12.5. The third-order valence-electron chi connectivity index (χ3n) is 4.14. The van der Waals surface area contributed by atoms with E-state index < -0.39 is 0 Å². The van der Waals surface area contributed by atoms with E-state index in [4.69, 9.17) is 19.9 Å². The predicted octanol–water partition coefficient (Wildman–Crippen LogP) is 2.51. The fourth-order valence-electron chi connectivity index (χ4n) is 2.97. The van der Waals surface area contributed by atoms with Crippen LogP contribution in [0.25, 0.3) is 0 Å². The van der Waals surface area contributed by atoms with Crippen molar-refractivity contribution in [2.75, 3.05) is 43.3 Å². The molecule has 0 aliphatic carbocycles. The minimum absolute atomic E-state index is 0.0229. The van der Waals surface area contributed by atoms with Crippen LogP contribution in [-0.4, -0.2) is 39.3 Å². The highest BCUT2D eigenvalue weighted by Gasteiger charge is 2.25. The molecule has 3 rings (SSSR count). The smallest absolute Gasteiger partial charge is 0.244 e. The van der Waals surface area contributed by atoms with Gasteiger partial charge in [-0.3, -0.25) is 4.79 Å². The monoisotopic (exact) mass is 357 g/mol. The van der Waals surface area contributed by atoms with E-state index in [9.17, 15) is 4.79 Å². The van der Waals surface area contributed by atoms with Gasteiger partial charge in [0.2, 0.25) is 5.91 Å². The lowest BCUT2D eigenvalue weighted by Crippen LogP contribution is -2.42. The zero-order valence-corrected chi connectivity index (χ0v) is 15.1. The number of hydrogen-bond acceptors (Lipinski definition) is 6. The number of methoxy groups -OCH3 is 2. The first-order valence-electron chi connectivity index (χ1n) is 8.33. The minimum atomic E-state index is -0.168. The highest BCUT2D eigenvalue weighted by molar-refractivity contribution is 5.96. The van der Waals surface area contributed by atoms with Gasteiger partial charge in [-0.1, -0.05) is 0 Å². The molecule has 0 aromatic heterocycles. The first-order valence-corrected chi connectivity index (χ1v) is 8.33. The molecule has 7 nitrogen and oxygen atoms in total. The van der Waals surface area contributed by atoms with Gasteiger partial charge < -0.3 is 30.2 Å². The SMILES string of the molecule is COc1ccc(OC)c(NC(=O)CN2CC(C)Oc3ccc(N)cc32)c1. The average Bonchev–Trinajstić information content (AvgIpc) is 2.62. The van der Waals surface area contributed by atoms with Gasteiger partial charge >= 0.3 is 0 Å². The normalized spacial score (nSPS) is 15.7. The van der Waals surface area contributed by atoms with Crippen LogP contribution in [0.3, 0.4) is 0 Å². The van der Waals surface area contributed by atoms with E-state index >= 15 is 0 Å². The maximum atomic E-state index is 12.6. The predicted molar refractivity (Wildman–Crippen MR) is 101 cm³/mol. The van der Waals surface area contributed by atoms with Crippen LogP contribution in [0.15, 0.2) is 36.4 Å². The number of nitrogens with zero attached hydrogens (tertiary/aromatic N) is 1. The fourth-order valence-corrected chi connectivity index (χ4v) is 2.97. The van der Waals surface area contributed by atoms with Crippen molar-refractivity contribution >= 4 is 23.0 Å². The van der Waals surface area contributed by atoms with Gasteiger partial charge in [-0.25, -0.2) is 0 Å². The Hall–Kier alpha value is -3.09. The van der Waals surface area contributed by atoms with Gasteiger partial charge in [0.1, 0.15) is 23.4 Å². The molecule has 1 aliphatic heterocycles. The minimum Gasteiger partial charge on any atom is -0.497 e. The zero-order valence-electron chi connectivity index (χ0n) is 15.1. The Morgan fingerprint density at radius 1 is 1.27 bits per heavy atom. The van der Waals surface area contributed by atoms with Gasteiger partial charge in [0.25, 0.3) is 0 Å². The van der Waals surface area contributed by atoms with Crippen molar-refractivity contribution in [2.45, 2.75) is 13.0 Å². The second-order valence-corrected chi connectivity index (χ2v) is 6.15. The molecule has 0 fully saturated rings. The largest absolute Gasteiger partial charge is 0.497 e. The number of nitrogen functional groups attached to an aromatic ring is 1. The standard InChI is InChI=1S/C19H23N3O4/c1-12-10-22(16-8-13(20)4-6-18(16)26-12)11-19(23)21-15-9-14(24-2)5-7-17(15)25-3/h4-9,12H,10-11,20H2,1-3H3,(H,21,23). The summed E-state index contributed by atoms with van der Waals surface area (Å²) in [6.45, 7) is 2.74. The van der Waals surface area contributed by atoms with Gasteiger partial charge in [-0.2, -0.15) is 0 Å².